The molecular formula is C35H37N5O5. The molecule has 0 aliphatic carbocycles. The molecule has 10 heteroatoms. The Kier molecular flexibility index (Phi) is 6.92. The first kappa shape index (κ1) is 29.3. The molecule has 4 heterocycles. The summed E-state index contributed by atoms with van der Waals surface area (Å²) in [6.07, 6.45) is 3.89. The van der Waals surface area contributed by atoms with Crippen molar-refractivity contribution in [2.24, 2.45) is 11.8 Å². The number of ether oxygens (including phenoxy) is 1. The first-order valence-electron chi connectivity index (χ1n) is 15.4. The van der Waals surface area contributed by atoms with Crippen LogP contribution in [-0.4, -0.2) is 61.9 Å². The summed E-state index contributed by atoms with van der Waals surface area (Å²) in [5.74, 6) is -1.13. The van der Waals surface area contributed by atoms with Gasteiger partial charge in [-0.3, -0.25) is 19.2 Å². The number of rotatable bonds is 9. The van der Waals surface area contributed by atoms with Crippen LogP contribution in [0.25, 0.3) is 10.8 Å². The van der Waals surface area contributed by atoms with Crippen LogP contribution in [0.1, 0.15) is 48.8 Å². The van der Waals surface area contributed by atoms with Gasteiger partial charge in [-0.1, -0.05) is 42.5 Å². The summed E-state index contributed by atoms with van der Waals surface area (Å²) < 4.78 is 8.63. The molecule has 1 spiro atoms. The summed E-state index contributed by atoms with van der Waals surface area (Å²) in [6, 6.07) is 17.3. The van der Waals surface area contributed by atoms with E-state index in [1.807, 2.05) is 61.5 Å². The zero-order valence-electron chi connectivity index (χ0n) is 25.7. The molecule has 4 atom stereocenters. The molecule has 10 nitrogen and oxygen atoms in total. The molecule has 45 heavy (non-hydrogen) atoms. The van der Waals surface area contributed by atoms with Crippen molar-refractivity contribution in [3.8, 4) is 0 Å². The number of aryl methyl sites for hydroxylation is 1. The average molecular weight is 608 g/mol. The number of hydrogen-bond acceptors (Lipinski definition) is 7. The molecule has 1 aromatic heterocycles. The number of aliphatic hydroxyl groups excluding tert-OH is 1. The van der Waals surface area contributed by atoms with E-state index in [1.165, 1.54) is 0 Å². The Labute approximate surface area is 261 Å². The zero-order valence-corrected chi connectivity index (χ0v) is 25.7. The molecule has 0 unspecified atom stereocenters. The molecule has 2 N–H and O–H groups in total. The van der Waals surface area contributed by atoms with E-state index in [0.717, 1.165) is 16.5 Å². The predicted molar refractivity (Wildman–Crippen MR) is 170 cm³/mol. The second-order valence-electron chi connectivity index (χ2n) is 12.8. The molecule has 3 aromatic carbocycles. The van der Waals surface area contributed by atoms with Gasteiger partial charge in [-0.15, -0.1) is 11.7 Å². The van der Waals surface area contributed by atoms with Gasteiger partial charge in [0.2, 0.25) is 0 Å². The average Bonchev–Trinajstić information content (AvgIpc) is 3.72. The SMILES string of the molecule is C=CCN1C(=O)[C@]2(O[C@H](CCn3cc(CCO)nn3)[C@@H](C(C)(C)O)[C@@H]2C)c2cc(N3C(=O)c4cccc5cccc3c45)ccc21. The number of aliphatic hydroxyl groups is 2. The van der Waals surface area contributed by atoms with Gasteiger partial charge in [0.1, 0.15) is 0 Å². The minimum Gasteiger partial charge on any atom is -0.396 e. The molecule has 4 aromatic rings. The molecule has 0 radical (unpaired) electrons. The van der Waals surface area contributed by atoms with Crippen LogP contribution in [0.3, 0.4) is 0 Å². The van der Waals surface area contributed by atoms with Gasteiger partial charge in [0.25, 0.3) is 11.8 Å². The first-order chi connectivity index (χ1) is 21.6. The van der Waals surface area contributed by atoms with Crippen LogP contribution in [0.15, 0.2) is 73.4 Å². The fourth-order valence-corrected chi connectivity index (χ4v) is 7.89. The summed E-state index contributed by atoms with van der Waals surface area (Å²) in [6.45, 7) is 10.1. The Morgan fingerprint density at radius 2 is 1.89 bits per heavy atom. The van der Waals surface area contributed by atoms with Crippen LogP contribution in [0.5, 0.6) is 0 Å². The number of carbonyl (C=O) groups excluding carboxylic acids is 2. The normalized spacial score (nSPS) is 24.0. The smallest absolute Gasteiger partial charge is 0.264 e. The van der Waals surface area contributed by atoms with Crippen molar-refractivity contribution in [2.45, 2.75) is 57.5 Å². The minimum absolute atomic E-state index is 0.0137. The van der Waals surface area contributed by atoms with Crippen molar-refractivity contribution in [3.05, 3.63) is 90.3 Å². The van der Waals surface area contributed by atoms with Crippen molar-refractivity contribution in [3.63, 3.8) is 0 Å². The third kappa shape index (κ3) is 4.34. The van der Waals surface area contributed by atoms with Crippen LogP contribution in [0, 0.1) is 11.8 Å². The molecule has 2 amide bonds. The van der Waals surface area contributed by atoms with E-state index >= 15 is 0 Å². The first-order valence-corrected chi connectivity index (χ1v) is 15.4. The Morgan fingerprint density at radius 1 is 1.11 bits per heavy atom. The van der Waals surface area contributed by atoms with E-state index in [0.29, 0.717) is 54.1 Å². The highest BCUT2D eigenvalue weighted by atomic mass is 16.5. The number of hydrogen-bond donors (Lipinski definition) is 2. The van der Waals surface area contributed by atoms with Gasteiger partial charge in [-0.25, -0.2) is 0 Å². The van der Waals surface area contributed by atoms with Gasteiger partial charge >= 0.3 is 0 Å². The summed E-state index contributed by atoms with van der Waals surface area (Å²) in [5, 5.41) is 31.0. The maximum absolute atomic E-state index is 14.5. The Hall–Kier alpha value is -4.38. The molecule has 3 aliphatic heterocycles. The van der Waals surface area contributed by atoms with Crippen LogP contribution >= 0.6 is 0 Å². The van der Waals surface area contributed by atoms with E-state index in [9.17, 15) is 19.8 Å². The van der Waals surface area contributed by atoms with Gasteiger partial charge in [0.05, 0.1) is 34.3 Å². The molecule has 1 saturated heterocycles. The second kappa shape index (κ2) is 10.6. The largest absolute Gasteiger partial charge is 0.396 e. The number of aromatic nitrogens is 3. The molecule has 3 aliphatic rings. The maximum Gasteiger partial charge on any atom is 0.264 e. The van der Waals surface area contributed by atoms with E-state index in [4.69, 9.17) is 4.74 Å². The molecule has 0 bridgehead atoms. The number of carbonyl (C=O) groups is 2. The Morgan fingerprint density at radius 3 is 2.62 bits per heavy atom. The van der Waals surface area contributed by atoms with E-state index in [1.54, 1.807) is 40.6 Å². The highest BCUT2D eigenvalue weighted by Gasteiger charge is 2.65. The Balaban J connectivity index is 1.31. The van der Waals surface area contributed by atoms with Gasteiger partial charge in [-0.2, -0.15) is 0 Å². The third-order valence-electron chi connectivity index (χ3n) is 9.69. The van der Waals surface area contributed by atoms with Gasteiger partial charge in [-0.05, 0) is 56.0 Å². The second-order valence-corrected chi connectivity index (χ2v) is 12.8. The molecule has 1 fully saturated rings. The highest BCUT2D eigenvalue weighted by Crippen LogP contribution is 2.58. The highest BCUT2D eigenvalue weighted by molar-refractivity contribution is 6.28. The van der Waals surface area contributed by atoms with Crippen molar-refractivity contribution in [2.75, 3.05) is 23.0 Å². The zero-order chi connectivity index (χ0) is 31.7. The fourth-order valence-electron chi connectivity index (χ4n) is 7.89. The summed E-state index contributed by atoms with van der Waals surface area (Å²) in [7, 11) is 0. The lowest BCUT2D eigenvalue weighted by molar-refractivity contribution is -0.146. The van der Waals surface area contributed by atoms with Crippen LogP contribution in [0.2, 0.25) is 0 Å². The molecular weight excluding hydrogens is 570 g/mol. The van der Waals surface area contributed by atoms with Gasteiger partial charge < -0.3 is 19.8 Å². The maximum atomic E-state index is 14.5. The lowest BCUT2D eigenvalue weighted by Gasteiger charge is -2.34. The van der Waals surface area contributed by atoms with E-state index < -0.39 is 29.1 Å². The van der Waals surface area contributed by atoms with Crippen molar-refractivity contribution >= 4 is 39.6 Å². The van der Waals surface area contributed by atoms with Gasteiger partial charge in [0.15, 0.2) is 5.60 Å². The van der Waals surface area contributed by atoms with Crippen molar-refractivity contribution in [1.29, 1.82) is 0 Å². The van der Waals surface area contributed by atoms with Crippen LogP contribution < -0.4 is 9.80 Å². The van der Waals surface area contributed by atoms with Crippen molar-refractivity contribution in [1.82, 2.24) is 15.0 Å². The summed E-state index contributed by atoms with van der Waals surface area (Å²) >= 11 is 0. The quantitative estimate of drug-likeness (QED) is 0.269. The predicted octanol–water partition coefficient (Wildman–Crippen LogP) is 4.50. The number of anilines is 3. The third-order valence-corrected chi connectivity index (χ3v) is 9.69. The van der Waals surface area contributed by atoms with E-state index in [-0.39, 0.29) is 18.4 Å². The number of benzene rings is 3. The van der Waals surface area contributed by atoms with E-state index in [2.05, 4.69) is 16.9 Å². The Bertz CT molecular complexity index is 1840. The lowest BCUT2D eigenvalue weighted by Crippen LogP contribution is -2.46. The fraction of sp³-hybridized carbons (Fsp3) is 0.371. The topological polar surface area (TPSA) is 121 Å². The number of fused-ring (bicyclic) bond motifs is 2. The molecule has 0 saturated carbocycles. The van der Waals surface area contributed by atoms with Crippen LogP contribution in [0.4, 0.5) is 17.1 Å². The summed E-state index contributed by atoms with van der Waals surface area (Å²) in [5.41, 5.74) is 1.63. The molecule has 232 valence electrons. The molecule has 7 rings (SSSR count). The number of amides is 2. The monoisotopic (exact) mass is 607 g/mol. The van der Waals surface area contributed by atoms with Crippen molar-refractivity contribution < 1.29 is 24.5 Å². The number of nitrogens with zero attached hydrogens (tertiary/aromatic N) is 5. The lowest BCUT2D eigenvalue weighted by atomic mass is 9.70. The van der Waals surface area contributed by atoms with Gasteiger partial charge in [0, 0.05) is 60.8 Å². The summed E-state index contributed by atoms with van der Waals surface area (Å²) in [4.78, 5) is 31.8. The van der Waals surface area contributed by atoms with Crippen LogP contribution in [-0.2, 0) is 28.1 Å². The standard InChI is InChI=1S/C35H37N5O5/c1-5-16-39-27-13-12-24(40-28-11-7-9-22-8-6-10-25(30(22)28)32(40)42)19-26(27)35(33(39)43)21(2)31(34(3,4)44)29(45-35)14-17-38-20-23(15-18-41)36-37-38/h5-13,19-21,29,31,41,44H,1,14-18H2,2-4H3/t21-,29+,31-,35+/m0/s1. The minimum atomic E-state index is -1.38.